The minimum absolute atomic E-state index is 0.0683. The molecule has 2 aromatic carbocycles. The van der Waals surface area contributed by atoms with E-state index in [-0.39, 0.29) is 16.3 Å². The van der Waals surface area contributed by atoms with Crippen molar-refractivity contribution in [1.82, 2.24) is 4.57 Å². The lowest BCUT2D eigenvalue weighted by molar-refractivity contribution is -0.137. The first kappa shape index (κ1) is 23.2. The van der Waals surface area contributed by atoms with Gasteiger partial charge in [0.1, 0.15) is 11.6 Å². The molecule has 164 valence electrons. The zero-order chi connectivity index (χ0) is 23.6. The maximum Gasteiger partial charge on any atom is 0.416 e. The van der Waals surface area contributed by atoms with E-state index in [4.69, 9.17) is 11.6 Å². The molecule has 0 unspecified atom stereocenters. The lowest BCUT2D eigenvalue weighted by Gasteiger charge is -2.11. The van der Waals surface area contributed by atoms with Crippen molar-refractivity contribution < 1.29 is 18.0 Å². The van der Waals surface area contributed by atoms with Gasteiger partial charge >= 0.3 is 6.18 Å². The number of rotatable bonds is 4. The second-order valence-electron chi connectivity index (χ2n) is 7.31. The van der Waals surface area contributed by atoms with Gasteiger partial charge in [0.25, 0.3) is 5.91 Å². The highest BCUT2D eigenvalue weighted by Gasteiger charge is 2.31. The average molecular weight is 458 g/mol. The maximum atomic E-state index is 13.0. The summed E-state index contributed by atoms with van der Waals surface area (Å²) in [5, 5.41) is 11.7. The topological polar surface area (TPSA) is 57.8 Å². The van der Waals surface area contributed by atoms with Crippen LogP contribution in [0.1, 0.15) is 28.1 Å². The number of alkyl halides is 3. The van der Waals surface area contributed by atoms with Crippen LogP contribution in [0.3, 0.4) is 0 Å². The van der Waals surface area contributed by atoms with Gasteiger partial charge in [-0.25, -0.2) is 0 Å². The third-order valence-electron chi connectivity index (χ3n) is 4.97. The number of nitrogens with one attached hydrogen (secondary N) is 1. The molecule has 1 aromatic heterocycles. The van der Waals surface area contributed by atoms with E-state index in [0.29, 0.717) is 5.56 Å². The zero-order valence-electron chi connectivity index (χ0n) is 17.5. The van der Waals surface area contributed by atoms with Crippen molar-refractivity contribution in [2.45, 2.75) is 26.9 Å². The van der Waals surface area contributed by atoms with Gasteiger partial charge in [0, 0.05) is 17.1 Å². The third kappa shape index (κ3) is 4.87. The maximum absolute atomic E-state index is 13.0. The van der Waals surface area contributed by atoms with E-state index < -0.39 is 17.6 Å². The normalized spacial score (nSPS) is 11.9. The average Bonchev–Trinajstić information content (AvgIpc) is 3.00. The van der Waals surface area contributed by atoms with E-state index in [9.17, 15) is 23.2 Å². The first-order chi connectivity index (χ1) is 15.0. The van der Waals surface area contributed by atoms with Crippen molar-refractivity contribution in [3.8, 4) is 11.8 Å². The Bertz CT molecular complexity index is 1250. The van der Waals surface area contributed by atoms with Crippen LogP contribution in [0.4, 0.5) is 18.9 Å². The molecular weight excluding hydrogens is 439 g/mol. The molecule has 0 radical (unpaired) electrons. The molecule has 0 atom stereocenters. The number of anilines is 1. The van der Waals surface area contributed by atoms with Crippen LogP contribution in [0.25, 0.3) is 11.8 Å². The number of carbonyl (C=O) groups excluding carboxylic acids is 1. The van der Waals surface area contributed by atoms with Crippen LogP contribution in [0.5, 0.6) is 0 Å². The number of carbonyl (C=O) groups is 1. The predicted octanol–water partition coefficient (Wildman–Crippen LogP) is 6.62. The molecule has 1 N–H and O–H groups in total. The number of nitriles is 1. The Morgan fingerprint density at radius 1 is 1.09 bits per heavy atom. The molecule has 0 aliphatic heterocycles. The van der Waals surface area contributed by atoms with Crippen LogP contribution < -0.4 is 5.32 Å². The first-order valence-electron chi connectivity index (χ1n) is 9.57. The number of aromatic nitrogens is 1. The number of benzene rings is 2. The predicted molar refractivity (Wildman–Crippen MR) is 119 cm³/mol. The van der Waals surface area contributed by atoms with Crippen LogP contribution in [0.2, 0.25) is 5.02 Å². The van der Waals surface area contributed by atoms with Gasteiger partial charge in [0.15, 0.2) is 0 Å². The second kappa shape index (κ2) is 8.93. The Balaban J connectivity index is 1.94. The van der Waals surface area contributed by atoms with Crippen molar-refractivity contribution >= 4 is 29.3 Å². The van der Waals surface area contributed by atoms with Gasteiger partial charge in [-0.05, 0) is 68.8 Å². The molecule has 0 aliphatic rings. The monoisotopic (exact) mass is 457 g/mol. The van der Waals surface area contributed by atoms with Crippen molar-refractivity contribution in [2.24, 2.45) is 0 Å². The fourth-order valence-electron chi connectivity index (χ4n) is 3.32. The molecule has 8 heteroatoms. The fourth-order valence-corrected chi connectivity index (χ4v) is 3.48. The minimum Gasteiger partial charge on any atom is -0.320 e. The summed E-state index contributed by atoms with van der Waals surface area (Å²) in [5.41, 5.74) is 2.96. The molecule has 0 saturated carbocycles. The standard InChI is InChI=1S/C24H19ClF3N3O/c1-14-4-7-20(8-5-14)31-15(2)10-17(16(31)3)11-18(13-29)23(32)30-22-12-19(24(26,27)28)6-9-21(22)25/h4-12H,1-3H3,(H,30,32). The fraction of sp³-hybridized carbons (Fsp3) is 0.167. The summed E-state index contributed by atoms with van der Waals surface area (Å²) in [5.74, 6) is -0.853. The van der Waals surface area contributed by atoms with Crippen molar-refractivity contribution in [2.75, 3.05) is 5.32 Å². The van der Waals surface area contributed by atoms with Gasteiger partial charge in [0.05, 0.1) is 16.3 Å². The van der Waals surface area contributed by atoms with Crippen molar-refractivity contribution in [3.05, 3.63) is 87.2 Å². The smallest absolute Gasteiger partial charge is 0.320 e. The van der Waals surface area contributed by atoms with Crippen LogP contribution in [0, 0.1) is 32.1 Å². The number of hydrogen-bond donors (Lipinski definition) is 1. The summed E-state index contributed by atoms with van der Waals surface area (Å²) in [7, 11) is 0. The number of hydrogen-bond acceptors (Lipinski definition) is 2. The molecule has 0 spiro atoms. The summed E-state index contributed by atoms with van der Waals surface area (Å²) in [6.07, 6.45) is -3.19. The molecule has 32 heavy (non-hydrogen) atoms. The Morgan fingerprint density at radius 3 is 2.34 bits per heavy atom. The van der Waals surface area contributed by atoms with E-state index in [2.05, 4.69) is 5.32 Å². The van der Waals surface area contributed by atoms with E-state index in [1.165, 1.54) is 6.08 Å². The Hall–Kier alpha value is -3.50. The van der Waals surface area contributed by atoms with Gasteiger partial charge < -0.3 is 9.88 Å². The molecule has 0 fully saturated rings. The van der Waals surface area contributed by atoms with Crippen molar-refractivity contribution in [1.29, 1.82) is 5.26 Å². The summed E-state index contributed by atoms with van der Waals surface area (Å²) < 4.78 is 40.9. The molecule has 0 bridgehead atoms. The lowest BCUT2D eigenvalue weighted by atomic mass is 10.1. The molecule has 4 nitrogen and oxygen atoms in total. The largest absolute Gasteiger partial charge is 0.416 e. The molecule has 3 rings (SSSR count). The summed E-state index contributed by atoms with van der Waals surface area (Å²) >= 11 is 5.94. The van der Waals surface area contributed by atoms with E-state index in [0.717, 1.165) is 40.8 Å². The first-order valence-corrected chi connectivity index (χ1v) is 9.95. The molecule has 0 saturated heterocycles. The Kier molecular flexibility index (Phi) is 6.47. The van der Waals surface area contributed by atoms with Gasteiger partial charge in [-0.3, -0.25) is 4.79 Å². The van der Waals surface area contributed by atoms with Crippen LogP contribution in [-0.4, -0.2) is 10.5 Å². The lowest BCUT2D eigenvalue weighted by Crippen LogP contribution is -2.15. The summed E-state index contributed by atoms with van der Waals surface area (Å²) in [4.78, 5) is 12.6. The molecule has 3 aromatic rings. The van der Waals surface area contributed by atoms with Gasteiger partial charge in [-0.2, -0.15) is 18.4 Å². The molecule has 0 aliphatic carbocycles. The highest BCUT2D eigenvalue weighted by Crippen LogP contribution is 2.34. The minimum atomic E-state index is -4.59. The van der Waals surface area contributed by atoms with E-state index in [1.807, 2.05) is 61.7 Å². The second-order valence-corrected chi connectivity index (χ2v) is 7.72. The third-order valence-corrected chi connectivity index (χ3v) is 5.30. The molecule has 1 heterocycles. The number of amides is 1. The number of nitrogens with zero attached hydrogens (tertiary/aromatic N) is 2. The van der Waals surface area contributed by atoms with Crippen LogP contribution in [-0.2, 0) is 11.0 Å². The van der Waals surface area contributed by atoms with Crippen molar-refractivity contribution in [3.63, 3.8) is 0 Å². The number of aryl methyl sites for hydroxylation is 2. The zero-order valence-corrected chi connectivity index (χ0v) is 18.3. The summed E-state index contributed by atoms with van der Waals surface area (Å²) in [6, 6.07) is 14.1. The number of halogens is 4. The summed E-state index contributed by atoms with van der Waals surface area (Å²) in [6.45, 7) is 5.75. The van der Waals surface area contributed by atoms with Crippen LogP contribution in [0.15, 0.2) is 54.1 Å². The highest BCUT2D eigenvalue weighted by molar-refractivity contribution is 6.34. The van der Waals surface area contributed by atoms with Gasteiger partial charge in [0.2, 0.25) is 0 Å². The Morgan fingerprint density at radius 2 is 1.75 bits per heavy atom. The highest BCUT2D eigenvalue weighted by atomic mass is 35.5. The van der Waals surface area contributed by atoms with Crippen LogP contribution >= 0.6 is 11.6 Å². The van der Waals surface area contributed by atoms with Gasteiger partial charge in [-0.1, -0.05) is 29.3 Å². The SMILES string of the molecule is Cc1ccc(-n2c(C)cc(C=C(C#N)C(=O)Nc3cc(C(F)(F)F)ccc3Cl)c2C)cc1. The molecular formula is C24H19ClF3N3O. The Labute approximate surface area is 188 Å². The van der Waals surface area contributed by atoms with E-state index >= 15 is 0 Å². The van der Waals surface area contributed by atoms with E-state index in [1.54, 1.807) is 0 Å². The van der Waals surface area contributed by atoms with Gasteiger partial charge in [-0.15, -0.1) is 0 Å². The quantitative estimate of drug-likeness (QED) is 0.353. The molecule has 1 amide bonds.